The summed E-state index contributed by atoms with van der Waals surface area (Å²) in [6, 6.07) is 14.8. The summed E-state index contributed by atoms with van der Waals surface area (Å²) in [4.78, 5) is 16.0. The Morgan fingerprint density at radius 3 is 2.79 bits per heavy atom. The van der Waals surface area contributed by atoms with Crippen molar-refractivity contribution in [3.05, 3.63) is 65.9 Å². The zero-order valence-electron chi connectivity index (χ0n) is 15.7. The minimum absolute atomic E-state index is 0.323. The molecular weight excluding hydrogens is 358 g/mol. The fraction of sp³-hybridized carbons (Fsp3) is 0.200. The fourth-order valence-electron chi connectivity index (χ4n) is 2.65. The van der Waals surface area contributed by atoms with Gasteiger partial charge in [-0.3, -0.25) is 0 Å². The number of methoxy groups -OCH3 is 2. The van der Waals surface area contributed by atoms with E-state index in [9.17, 15) is 4.79 Å². The number of anilines is 3. The van der Waals surface area contributed by atoms with Gasteiger partial charge < -0.3 is 20.1 Å². The van der Waals surface area contributed by atoms with Gasteiger partial charge >= 0.3 is 5.97 Å². The molecule has 8 heteroatoms. The van der Waals surface area contributed by atoms with Crippen LogP contribution in [0.15, 0.2) is 54.7 Å². The van der Waals surface area contributed by atoms with Gasteiger partial charge in [-0.15, -0.1) is 5.10 Å². The first-order chi connectivity index (χ1) is 13.7. The number of nitrogens with one attached hydrogen (secondary N) is 2. The number of benzene rings is 2. The highest BCUT2D eigenvalue weighted by Gasteiger charge is 2.07. The zero-order valence-corrected chi connectivity index (χ0v) is 15.7. The first kappa shape index (κ1) is 19.1. The molecule has 0 aliphatic carbocycles. The molecule has 8 nitrogen and oxygen atoms in total. The van der Waals surface area contributed by atoms with Gasteiger partial charge in [0.25, 0.3) is 0 Å². The number of aromatic nitrogens is 3. The number of esters is 1. The van der Waals surface area contributed by atoms with Crippen LogP contribution in [0, 0.1) is 0 Å². The first-order valence-electron chi connectivity index (χ1n) is 8.70. The van der Waals surface area contributed by atoms with E-state index in [1.807, 2.05) is 24.3 Å². The van der Waals surface area contributed by atoms with Crippen molar-refractivity contribution in [3.8, 4) is 5.75 Å². The van der Waals surface area contributed by atoms with Gasteiger partial charge in [0.05, 0.1) is 26.0 Å². The molecule has 0 radical (unpaired) electrons. The predicted molar refractivity (Wildman–Crippen MR) is 106 cm³/mol. The van der Waals surface area contributed by atoms with Gasteiger partial charge in [-0.05, 0) is 36.2 Å². The minimum Gasteiger partial charge on any atom is -0.496 e. The van der Waals surface area contributed by atoms with Crippen LogP contribution >= 0.6 is 0 Å². The molecule has 1 aromatic heterocycles. The van der Waals surface area contributed by atoms with Crippen LogP contribution in [-0.4, -0.2) is 41.9 Å². The molecule has 0 aliphatic heterocycles. The number of hydrogen-bond donors (Lipinski definition) is 2. The third-order valence-electron chi connectivity index (χ3n) is 3.99. The molecule has 0 spiro atoms. The standard InChI is InChI=1S/C20H21N5O3/c1-27-17-9-4-3-6-14(17)10-11-21-18-13-22-25-20(24-18)23-16-8-5-7-15(12-16)19(26)28-2/h3-9,12-13H,10-11H2,1-2H3,(H2,21,23,24,25). The van der Waals surface area contributed by atoms with E-state index >= 15 is 0 Å². The van der Waals surface area contributed by atoms with E-state index in [-0.39, 0.29) is 0 Å². The van der Waals surface area contributed by atoms with E-state index in [0.717, 1.165) is 17.7 Å². The summed E-state index contributed by atoms with van der Waals surface area (Å²) >= 11 is 0. The summed E-state index contributed by atoms with van der Waals surface area (Å²) in [7, 11) is 3.00. The number of hydrogen-bond acceptors (Lipinski definition) is 8. The van der Waals surface area contributed by atoms with Gasteiger partial charge in [-0.1, -0.05) is 24.3 Å². The van der Waals surface area contributed by atoms with E-state index in [2.05, 4.69) is 25.8 Å². The Balaban J connectivity index is 1.62. The molecule has 28 heavy (non-hydrogen) atoms. The molecule has 144 valence electrons. The Labute approximate surface area is 162 Å². The molecule has 2 N–H and O–H groups in total. The highest BCUT2D eigenvalue weighted by molar-refractivity contribution is 5.90. The second-order valence-corrected chi connectivity index (χ2v) is 5.85. The lowest BCUT2D eigenvalue weighted by Crippen LogP contribution is -2.09. The maximum absolute atomic E-state index is 11.6. The Kier molecular flexibility index (Phi) is 6.35. The third kappa shape index (κ3) is 4.94. The van der Waals surface area contributed by atoms with Crippen molar-refractivity contribution >= 4 is 23.4 Å². The molecule has 0 bridgehead atoms. The summed E-state index contributed by atoms with van der Waals surface area (Å²) in [5.41, 5.74) is 2.21. The predicted octanol–water partition coefficient (Wildman–Crippen LogP) is 3.07. The zero-order chi connectivity index (χ0) is 19.8. The van der Waals surface area contributed by atoms with Crippen LogP contribution in [-0.2, 0) is 11.2 Å². The van der Waals surface area contributed by atoms with Crippen molar-refractivity contribution in [1.29, 1.82) is 0 Å². The Morgan fingerprint density at radius 1 is 1.11 bits per heavy atom. The summed E-state index contributed by atoms with van der Waals surface area (Å²) in [5, 5.41) is 14.2. The van der Waals surface area contributed by atoms with Crippen LogP contribution in [0.1, 0.15) is 15.9 Å². The Morgan fingerprint density at radius 2 is 1.96 bits per heavy atom. The molecule has 1 heterocycles. The molecular formula is C20H21N5O3. The number of ether oxygens (including phenoxy) is 2. The summed E-state index contributed by atoms with van der Waals surface area (Å²) in [6.45, 7) is 0.663. The third-order valence-corrected chi connectivity index (χ3v) is 3.99. The second kappa shape index (κ2) is 9.31. The van der Waals surface area contributed by atoms with Crippen molar-refractivity contribution in [1.82, 2.24) is 15.2 Å². The van der Waals surface area contributed by atoms with E-state index in [4.69, 9.17) is 9.47 Å². The average Bonchev–Trinajstić information content (AvgIpc) is 2.74. The highest BCUT2D eigenvalue weighted by Crippen LogP contribution is 2.18. The summed E-state index contributed by atoms with van der Waals surface area (Å²) in [5.74, 6) is 1.37. The van der Waals surface area contributed by atoms with Crippen LogP contribution in [0.25, 0.3) is 0 Å². The molecule has 3 aromatic rings. The molecule has 0 aliphatic rings. The molecule has 0 atom stereocenters. The number of carbonyl (C=O) groups is 1. The second-order valence-electron chi connectivity index (χ2n) is 5.85. The monoisotopic (exact) mass is 379 g/mol. The molecule has 0 saturated carbocycles. The van der Waals surface area contributed by atoms with Crippen LogP contribution in [0.2, 0.25) is 0 Å². The van der Waals surface area contributed by atoms with Crippen LogP contribution < -0.4 is 15.4 Å². The van der Waals surface area contributed by atoms with Gasteiger partial charge in [0.2, 0.25) is 5.95 Å². The molecule has 0 amide bonds. The molecule has 3 rings (SSSR count). The maximum atomic E-state index is 11.6. The van der Waals surface area contributed by atoms with Gasteiger partial charge in [0, 0.05) is 12.2 Å². The fourth-order valence-corrected chi connectivity index (χ4v) is 2.65. The Bertz CT molecular complexity index is 948. The maximum Gasteiger partial charge on any atom is 0.337 e. The molecule has 0 unspecified atom stereocenters. The van der Waals surface area contributed by atoms with E-state index in [1.54, 1.807) is 37.6 Å². The lowest BCUT2D eigenvalue weighted by molar-refractivity contribution is 0.0601. The molecule has 2 aromatic carbocycles. The molecule has 0 saturated heterocycles. The normalized spacial score (nSPS) is 10.2. The Hall–Kier alpha value is -3.68. The van der Waals surface area contributed by atoms with Crippen LogP contribution in [0.5, 0.6) is 5.75 Å². The average molecular weight is 379 g/mol. The van der Waals surface area contributed by atoms with Gasteiger partial charge in [0.1, 0.15) is 5.75 Å². The van der Waals surface area contributed by atoms with Crippen LogP contribution in [0.4, 0.5) is 17.5 Å². The summed E-state index contributed by atoms with van der Waals surface area (Å²) in [6.07, 6.45) is 2.33. The van der Waals surface area contributed by atoms with Crippen molar-refractivity contribution < 1.29 is 14.3 Å². The largest absolute Gasteiger partial charge is 0.496 e. The first-order valence-corrected chi connectivity index (χ1v) is 8.70. The van der Waals surface area contributed by atoms with Crippen molar-refractivity contribution in [2.75, 3.05) is 31.4 Å². The number of para-hydroxylation sites is 1. The number of nitrogens with zero attached hydrogens (tertiary/aromatic N) is 3. The van der Waals surface area contributed by atoms with E-state index < -0.39 is 5.97 Å². The number of carbonyl (C=O) groups excluding carboxylic acids is 1. The minimum atomic E-state index is -0.408. The van der Waals surface area contributed by atoms with Crippen LogP contribution in [0.3, 0.4) is 0 Å². The van der Waals surface area contributed by atoms with Gasteiger partial charge in [-0.2, -0.15) is 10.1 Å². The van der Waals surface area contributed by atoms with Crippen molar-refractivity contribution in [2.24, 2.45) is 0 Å². The summed E-state index contributed by atoms with van der Waals surface area (Å²) < 4.78 is 10.1. The topological polar surface area (TPSA) is 98.3 Å². The van der Waals surface area contributed by atoms with E-state index in [1.165, 1.54) is 7.11 Å². The van der Waals surface area contributed by atoms with Crippen molar-refractivity contribution in [2.45, 2.75) is 6.42 Å². The lowest BCUT2D eigenvalue weighted by atomic mass is 10.1. The SMILES string of the molecule is COC(=O)c1cccc(Nc2nncc(NCCc3ccccc3OC)n2)c1. The van der Waals surface area contributed by atoms with Gasteiger partial charge in [0.15, 0.2) is 5.82 Å². The van der Waals surface area contributed by atoms with Crippen molar-refractivity contribution in [3.63, 3.8) is 0 Å². The lowest BCUT2D eigenvalue weighted by Gasteiger charge is -2.10. The molecule has 0 fully saturated rings. The highest BCUT2D eigenvalue weighted by atomic mass is 16.5. The smallest absolute Gasteiger partial charge is 0.337 e. The van der Waals surface area contributed by atoms with E-state index in [0.29, 0.717) is 29.6 Å². The number of rotatable bonds is 8. The quantitative estimate of drug-likeness (QED) is 0.576. The van der Waals surface area contributed by atoms with Gasteiger partial charge in [-0.25, -0.2) is 4.79 Å².